The van der Waals surface area contributed by atoms with E-state index < -0.39 is 0 Å². The summed E-state index contributed by atoms with van der Waals surface area (Å²) in [6, 6.07) is 4.65. The van der Waals surface area contributed by atoms with Crippen molar-refractivity contribution in [2.45, 2.75) is 31.4 Å². The number of hydrogen-bond donors (Lipinski definition) is 0. The SMILES string of the molecule is CO[C@@H]1CCN(CC2CCOC2)[C@@H]1Cc1cccnc1. The van der Waals surface area contributed by atoms with Crippen LogP contribution < -0.4 is 0 Å². The normalized spacial score (nSPS) is 30.9. The fourth-order valence-corrected chi connectivity index (χ4v) is 3.47. The molecule has 110 valence electrons. The van der Waals surface area contributed by atoms with E-state index in [4.69, 9.17) is 9.47 Å². The van der Waals surface area contributed by atoms with E-state index in [2.05, 4.69) is 16.0 Å². The van der Waals surface area contributed by atoms with Crippen molar-refractivity contribution >= 4 is 0 Å². The van der Waals surface area contributed by atoms with Gasteiger partial charge in [0.25, 0.3) is 0 Å². The number of likely N-dealkylation sites (tertiary alicyclic amines) is 1. The minimum atomic E-state index is 0.345. The Hall–Kier alpha value is -0.970. The molecule has 1 aromatic heterocycles. The smallest absolute Gasteiger partial charge is 0.0741 e. The van der Waals surface area contributed by atoms with E-state index in [-0.39, 0.29) is 0 Å². The number of rotatable bonds is 5. The monoisotopic (exact) mass is 276 g/mol. The molecule has 0 N–H and O–H groups in total. The van der Waals surface area contributed by atoms with Crippen molar-refractivity contribution in [2.24, 2.45) is 5.92 Å². The fourth-order valence-electron chi connectivity index (χ4n) is 3.47. The molecule has 0 aromatic carbocycles. The van der Waals surface area contributed by atoms with Gasteiger partial charge < -0.3 is 9.47 Å². The Morgan fingerprint density at radius 3 is 3.10 bits per heavy atom. The number of methoxy groups -OCH3 is 1. The molecule has 2 fully saturated rings. The summed E-state index contributed by atoms with van der Waals surface area (Å²) in [5.41, 5.74) is 1.30. The lowest BCUT2D eigenvalue weighted by atomic mass is 10.0. The third kappa shape index (κ3) is 3.19. The van der Waals surface area contributed by atoms with Crippen LogP contribution in [0.3, 0.4) is 0 Å². The molecular weight excluding hydrogens is 252 g/mol. The summed E-state index contributed by atoms with van der Waals surface area (Å²) in [5.74, 6) is 0.696. The lowest BCUT2D eigenvalue weighted by molar-refractivity contribution is 0.0604. The molecule has 0 bridgehead atoms. The summed E-state index contributed by atoms with van der Waals surface area (Å²) >= 11 is 0. The van der Waals surface area contributed by atoms with Crippen LogP contribution in [0.5, 0.6) is 0 Å². The first-order valence-corrected chi connectivity index (χ1v) is 7.60. The zero-order valence-electron chi connectivity index (χ0n) is 12.2. The van der Waals surface area contributed by atoms with Crippen molar-refractivity contribution in [3.8, 4) is 0 Å². The van der Waals surface area contributed by atoms with Gasteiger partial charge in [-0.3, -0.25) is 9.88 Å². The van der Waals surface area contributed by atoms with Gasteiger partial charge in [0.2, 0.25) is 0 Å². The second kappa shape index (κ2) is 6.66. The highest BCUT2D eigenvalue weighted by Crippen LogP contribution is 2.26. The van der Waals surface area contributed by atoms with E-state index in [1.165, 1.54) is 12.0 Å². The number of ether oxygens (including phenoxy) is 2. The quantitative estimate of drug-likeness (QED) is 0.820. The standard InChI is InChI=1S/C16H24N2O2/c1-19-16-4-7-18(11-14-5-8-20-12-14)15(16)9-13-3-2-6-17-10-13/h2-3,6,10,14-16H,4-5,7-9,11-12H2,1H3/t14?,15-,16-/m1/s1. The maximum absolute atomic E-state index is 5.70. The predicted molar refractivity (Wildman–Crippen MR) is 77.6 cm³/mol. The first-order chi connectivity index (χ1) is 9.86. The lowest BCUT2D eigenvalue weighted by Crippen LogP contribution is -2.40. The molecular formula is C16H24N2O2. The van der Waals surface area contributed by atoms with Crippen LogP contribution in [0.2, 0.25) is 0 Å². The van der Waals surface area contributed by atoms with Gasteiger partial charge in [-0.25, -0.2) is 0 Å². The van der Waals surface area contributed by atoms with E-state index in [0.29, 0.717) is 18.1 Å². The molecule has 4 heteroatoms. The van der Waals surface area contributed by atoms with Gasteiger partial charge in [0, 0.05) is 45.2 Å². The van der Waals surface area contributed by atoms with E-state index >= 15 is 0 Å². The van der Waals surface area contributed by atoms with Gasteiger partial charge >= 0.3 is 0 Å². The number of aromatic nitrogens is 1. The largest absolute Gasteiger partial charge is 0.381 e. The molecule has 0 amide bonds. The summed E-state index contributed by atoms with van der Waals surface area (Å²) in [4.78, 5) is 6.82. The molecule has 2 aliphatic heterocycles. The van der Waals surface area contributed by atoms with Crippen LogP contribution in [0.1, 0.15) is 18.4 Å². The molecule has 3 heterocycles. The lowest BCUT2D eigenvalue weighted by Gasteiger charge is -2.29. The minimum Gasteiger partial charge on any atom is -0.381 e. The average Bonchev–Trinajstić information content (AvgIpc) is 3.11. The molecule has 0 radical (unpaired) electrons. The third-order valence-corrected chi connectivity index (χ3v) is 4.59. The van der Waals surface area contributed by atoms with Crippen molar-refractivity contribution in [1.82, 2.24) is 9.88 Å². The highest BCUT2D eigenvalue weighted by Gasteiger charge is 2.35. The van der Waals surface area contributed by atoms with Gasteiger partial charge in [0.15, 0.2) is 0 Å². The zero-order valence-corrected chi connectivity index (χ0v) is 12.2. The van der Waals surface area contributed by atoms with Crippen molar-refractivity contribution in [2.75, 3.05) is 33.4 Å². The molecule has 0 saturated carbocycles. The Morgan fingerprint density at radius 1 is 1.45 bits per heavy atom. The molecule has 20 heavy (non-hydrogen) atoms. The molecule has 3 rings (SSSR count). The van der Waals surface area contributed by atoms with Gasteiger partial charge in [-0.05, 0) is 36.8 Å². The fraction of sp³-hybridized carbons (Fsp3) is 0.688. The van der Waals surface area contributed by atoms with Gasteiger partial charge in [-0.15, -0.1) is 0 Å². The van der Waals surface area contributed by atoms with E-state index in [9.17, 15) is 0 Å². The molecule has 4 nitrogen and oxygen atoms in total. The summed E-state index contributed by atoms with van der Waals surface area (Å²) in [5, 5.41) is 0. The second-order valence-electron chi connectivity index (χ2n) is 5.92. The highest BCUT2D eigenvalue weighted by molar-refractivity contribution is 5.12. The van der Waals surface area contributed by atoms with Crippen molar-refractivity contribution in [3.63, 3.8) is 0 Å². The molecule has 1 unspecified atom stereocenters. The third-order valence-electron chi connectivity index (χ3n) is 4.59. The molecule has 1 aromatic rings. The molecule has 2 saturated heterocycles. The van der Waals surface area contributed by atoms with Gasteiger partial charge in [-0.2, -0.15) is 0 Å². The second-order valence-corrected chi connectivity index (χ2v) is 5.92. The Bertz CT molecular complexity index is 406. The molecule has 2 aliphatic rings. The first-order valence-electron chi connectivity index (χ1n) is 7.60. The molecule has 3 atom stereocenters. The highest BCUT2D eigenvalue weighted by atomic mass is 16.5. The van der Waals surface area contributed by atoms with Crippen LogP contribution in [-0.2, 0) is 15.9 Å². The predicted octanol–water partition coefficient (Wildman–Crippen LogP) is 1.75. The maximum atomic E-state index is 5.70. The average molecular weight is 276 g/mol. The summed E-state index contributed by atoms with van der Waals surface area (Å²) in [7, 11) is 1.84. The van der Waals surface area contributed by atoms with E-state index in [1.54, 1.807) is 0 Å². The van der Waals surface area contributed by atoms with Gasteiger partial charge in [-0.1, -0.05) is 6.07 Å². The van der Waals surface area contributed by atoms with Crippen LogP contribution in [0, 0.1) is 5.92 Å². The van der Waals surface area contributed by atoms with Gasteiger partial charge in [0.05, 0.1) is 12.7 Å². The van der Waals surface area contributed by atoms with Crippen LogP contribution in [0.25, 0.3) is 0 Å². The first kappa shape index (κ1) is 14.0. The van der Waals surface area contributed by atoms with Gasteiger partial charge in [0.1, 0.15) is 0 Å². The summed E-state index contributed by atoms with van der Waals surface area (Å²) < 4.78 is 11.2. The van der Waals surface area contributed by atoms with E-state index in [1.807, 2.05) is 25.6 Å². The minimum absolute atomic E-state index is 0.345. The summed E-state index contributed by atoms with van der Waals surface area (Å²) in [6.07, 6.45) is 7.52. The Labute approximate surface area is 121 Å². The van der Waals surface area contributed by atoms with Crippen molar-refractivity contribution in [1.29, 1.82) is 0 Å². The number of nitrogens with zero attached hydrogens (tertiary/aromatic N) is 2. The zero-order chi connectivity index (χ0) is 13.8. The van der Waals surface area contributed by atoms with Crippen molar-refractivity contribution < 1.29 is 9.47 Å². The summed E-state index contributed by atoms with van der Waals surface area (Å²) in [6.45, 7) is 4.14. The van der Waals surface area contributed by atoms with Crippen molar-refractivity contribution in [3.05, 3.63) is 30.1 Å². The van der Waals surface area contributed by atoms with Crippen LogP contribution >= 0.6 is 0 Å². The van der Waals surface area contributed by atoms with Crippen LogP contribution in [0.4, 0.5) is 0 Å². The maximum Gasteiger partial charge on any atom is 0.0741 e. The van der Waals surface area contributed by atoms with E-state index in [0.717, 1.165) is 39.1 Å². The molecule has 0 aliphatic carbocycles. The topological polar surface area (TPSA) is 34.6 Å². The number of hydrogen-bond acceptors (Lipinski definition) is 4. The Morgan fingerprint density at radius 2 is 2.40 bits per heavy atom. The van der Waals surface area contributed by atoms with Crippen LogP contribution in [0.15, 0.2) is 24.5 Å². The Balaban J connectivity index is 1.65. The Kier molecular flexibility index (Phi) is 4.65. The van der Waals surface area contributed by atoms with Crippen LogP contribution in [-0.4, -0.2) is 55.4 Å². The molecule has 0 spiro atoms. The number of pyridine rings is 1.